The first-order chi connectivity index (χ1) is 9.95. The fourth-order valence-electron chi connectivity index (χ4n) is 1.91. The van der Waals surface area contributed by atoms with Crippen LogP contribution in [0.3, 0.4) is 0 Å². The molecule has 1 amide bonds. The van der Waals surface area contributed by atoms with E-state index in [9.17, 15) is 4.79 Å². The molecule has 2 heterocycles. The molecule has 7 heteroatoms. The van der Waals surface area contributed by atoms with Gasteiger partial charge in [0, 0.05) is 10.0 Å². The highest BCUT2D eigenvalue weighted by Crippen LogP contribution is 2.27. The lowest BCUT2D eigenvalue weighted by molar-refractivity contribution is -0.114. The van der Waals surface area contributed by atoms with Gasteiger partial charge in [0.15, 0.2) is 0 Å². The van der Waals surface area contributed by atoms with Crippen molar-refractivity contribution in [3.63, 3.8) is 0 Å². The minimum atomic E-state index is -0.397. The number of hydrogen-bond donors (Lipinski definition) is 0. The van der Waals surface area contributed by atoms with E-state index in [4.69, 9.17) is 23.2 Å². The highest BCUT2D eigenvalue weighted by Gasteiger charge is 2.32. The maximum Gasteiger partial charge on any atom is 0.299 e. The number of carbonyl (C=O) groups is 1. The molecule has 0 saturated heterocycles. The second-order valence-corrected chi connectivity index (χ2v) is 5.45. The summed E-state index contributed by atoms with van der Waals surface area (Å²) in [4.78, 5) is 20.2. The molecule has 0 N–H and O–H groups in total. The smallest absolute Gasteiger partial charge is 0.265 e. The van der Waals surface area contributed by atoms with Gasteiger partial charge in [0.1, 0.15) is 5.70 Å². The highest BCUT2D eigenvalue weighted by molar-refractivity contribution is 6.43. The van der Waals surface area contributed by atoms with Gasteiger partial charge in [-0.25, -0.2) is 4.99 Å². The van der Waals surface area contributed by atoms with E-state index in [0.717, 1.165) is 11.4 Å². The summed E-state index contributed by atoms with van der Waals surface area (Å²) in [7, 11) is 0. The number of carbonyl (C=O) groups excluding carboxylic acids is 1. The van der Waals surface area contributed by atoms with E-state index in [1.54, 1.807) is 24.3 Å². The maximum absolute atomic E-state index is 12.0. The zero-order chi connectivity index (χ0) is 15.1. The van der Waals surface area contributed by atoms with Crippen molar-refractivity contribution in [2.75, 3.05) is 0 Å². The van der Waals surface area contributed by atoms with E-state index in [1.807, 2.05) is 13.8 Å². The van der Waals surface area contributed by atoms with Gasteiger partial charge in [-0.05, 0) is 37.6 Å². The van der Waals surface area contributed by atoms with Crippen LogP contribution in [0.5, 0.6) is 0 Å². The van der Waals surface area contributed by atoms with Gasteiger partial charge in [0.05, 0.1) is 11.4 Å². The molecule has 3 rings (SSSR count). The number of guanidine groups is 1. The molecule has 21 heavy (non-hydrogen) atoms. The summed E-state index contributed by atoms with van der Waals surface area (Å²) in [6.07, 6.45) is 1.63. The third kappa shape index (κ3) is 2.50. The van der Waals surface area contributed by atoms with Crippen LogP contribution in [0.15, 0.2) is 39.0 Å². The quantitative estimate of drug-likeness (QED) is 0.745. The first kappa shape index (κ1) is 14.0. The lowest BCUT2D eigenvalue weighted by atomic mass is 10.2. The Kier molecular flexibility index (Phi) is 3.39. The molecule has 2 aliphatic rings. The minimum absolute atomic E-state index is 0.277. The predicted octanol–water partition coefficient (Wildman–Crippen LogP) is 3.38. The fraction of sp³-hybridized carbons (Fsp3) is 0.143. The number of hydrogen-bond acceptors (Lipinski definition) is 4. The van der Waals surface area contributed by atoms with Crippen molar-refractivity contribution in [2.45, 2.75) is 13.8 Å². The Bertz CT molecular complexity index is 777. The van der Waals surface area contributed by atoms with Crippen LogP contribution in [0.25, 0.3) is 6.08 Å². The van der Waals surface area contributed by atoms with Gasteiger partial charge in [-0.3, -0.25) is 4.79 Å². The van der Waals surface area contributed by atoms with Crippen molar-refractivity contribution in [1.29, 1.82) is 0 Å². The van der Waals surface area contributed by atoms with Gasteiger partial charge >= 0.3 is 0 Å². The molecule has 0 bridgehead atoms. The number of benzene rings is 1. The zero-order valence-electron chi connectivity index (χ0n) is 11.3. The summed E-state index contributed by atoms with van der Waals surface area (Å²) in [5.74, 6) is -0.120. The summed E-state index contributed by atoms with van der Waals surface area (Å²) in [6, 6.07) is 5.05. The van der Waals surface area contributed by atoms with Gasteiger partial charge in [0.2, 0.25) is 0 Å². The second-order valence-electron chi connectivity index (χ2n) is 4.61. The number of aliphatic imine (C=N–C) groups is 2. The van der Waals surface area contributed by atoms with E-state index in [-0.39, 0.29) is 5.96 Å². The number of hydrazone groups is 1. The van der Waals surface area contributed by atoms with Crippen molar-refractivity contribution in [1.82, 2.24) is 5.01 Å². The Morgan fingerprint density at radius 2 is 1.90 bits per heavy atom. The Hall–Kier alpha value is -1.98. The van der Waals surface area contributed by atoms with E-state index in [1.165, 1.54) is 5.01 Å². The number of fused-ring (bicyclic) bond motifs is 1. The molecule has 2 aliphatic heterocycles. The predicted molar refractivity (Wildman–Crippen MR) is 84.9 cm³/mol. The summed E-state index contributed by atoms with van der Waals surface area (Å²) in [5.41, 5.74) is 2.45. The van der Waals surface area contributed by atoms with Crippen LogP contribution in [-0.2, 0) is 4.79 Å². The largest absolute Gasteiger partial charge is 0.299 e. The van der Waals surface area contributed by atoms with Crippen LogP contribution >= 0.6 is 23.2 Å². The zero-order valence-corrected chi connectivity index (χ0v) is 12.8. The fourth-order valence-corrected chi connectivity index (χ4v) is 2.37. The second kappa shape index (κ2) is 5.09. The topological polar surface area (TPSA) is 57.4 Å². The maximum atomic E-state index is 12.0. The van der Waals surface area contributed by atoms with Crippen molar-refractivity contribution >= 4 is 52.6 Å². The summed E-state index contributed by atoms with van der Waals surface area (Å²) in [6.45, 7) is 3.65. The molecule has 106 valence electrons. The van der Waals surface area contributed by atoms with Gasteiger partial charge in [-0.2, -0.15) is 15.1 Å². The average Bonchev–Trinajstić information content (AvgIpc) is 2.69. The van der Waals surface area contributed by atoms with Crippen LogP contribution in [0.4, 0.5) is 0 Å². The normalized spacial score (nSPS) is 19.4. The van der Waals surface area contributed by atoms with E-state index in [0.29, 0.717) is 21.3 Å². The molecule has 5 nitrogen and oxygen atoms in total. The average molecular weight is 321 g/mol. The van der Waals surface area contributed by atoms with Crippen molar-refractivity contribution in [3.8, 4) is 0 Å². The third-order valence-electron chi connectivity index (χ3n) is 3.13. The van der Waals surface area contributed by atoms with Crippen LogP contribution in [0.1, 0.15) is 19.4 Å². The molecule has 0 fully saturated rings. The van der Waals surface area contributed by atoms with Crippen LogP contribution in [-0.4, -0.2) is 28.3 Å². The molecule has 0 aromatic heterocycles. The first-order valence-electron chi connectivity index (χ1n) is 6.16. The molecule has 0 radical (unpaired) electrons. The Balaban J connectivity index is 2.04. The number of amides is 1. The number of rotatable bonds is 1. The molecule has 0 atom stereocenters. The monoisotopic (exact) mass is 320 g/mol. The van der Waals surface area contributed by atoms with Gasteiger partial charge < -0.3 is 0 Å². The molecule has 0 unspecified atom stereocenters. The Morgan fingerprint density at radius 1 is 1.14 bits per heavy atom. The molecular formula is C14H10Cl2N4O. The van der Waals surface area contributed by atoms with E-state index in [2.05, 4.69) is 15.1 Å². The van der Waals surface area contributed by atoms with Gasteiger partial charge in [-0.15, -0.1) is 0 Å². The number of halogens is 2. The van der Waals surface area contributed by atoms with E-state index >= 15 is 0 Å². The SMILES string of the molecule is CC1=NC2=NC(=O)C(=Cc3ccc(Cl)cc3Cl)N2N=C1C. The van der Waals surface area contributed by atoms with Crippen LogP contribution in [0, 0.1) is 0 Å². The highest BCUT2D eigenvalue weighted by atomic mass is 35.5. The van der Waals surface area contributed by atoms with Crippen molar-refractivity contribution in [3.05, 3.63) is 39.5 Å². The van der Waals surface area contributed by atoms with Gasteiger partial charge in [-0.1, -0.05) is 29.3 Å². The van der Waals surface area contributed by atoms with Gasteiger partial charge in [0.25, 0.3) is 11.9 Å². The molecule has 1 aromatic carbocycles. The lowest BCUT2D eigenvalue weighted by Crippen LogP contribution is -2.28. The summed E-state index contributed by atoms with van der Waals surface area (Å²) < 4.78 is 0. The number of nitrogens with zero attached hydrogens (tertiary/aromatic N) is 4. The van der Waals surface area contributed by atoms with Crippen molar-refractivity contribution < 1.29 is 4.79 Å². The van der Waals surface area contributed by atoms with Crippen molar-refractivity contribution in [2.24, 2.45) is 15.1 Å². The standard InChI is InChI=1S/C14H10Cl2N4O/c1-7-8(2)19-20-12(13(21)18-14(20)17-7)5-9-3-4-10(15)6-11(9)16/h3-6H,1-2H3. The summed E-state index contributed by atoms with van der Waals surface area (Å²) in [5, 5.41) is 6.74. The minimum Gasteiger partial charge on any atom is -0.265 e. The molecular weight excluding hydrogens is 311 g/mol. The van der Waals surface area contributed by atoms with Crippen LogP contribution in [0.2, 0.25) is 10.0 Å². The molecule has 0 aliphatic carbocycles. The lowest BCUT2D eigenvalue weighted by Gasteiger charge is -2.18. The molecule has 1 aromatic rings. The Labute approximate surface area is 131 Å². The molecule has 0 spiro atoms. The Morgan fingerprint density at radius 3 is 2.62 bits per heavy atom. The van der Waals surface area contributed by atoms with Crippen LogP contribution < -0.4 is 0 Å². The first-order valence-corrected chi connectivity index (χ1v) is 6.92. The summed E-state index contributed by atoms with van der Waals surface area (Å²) >= 11 is 12.0. The van der Waals surface area contributed by atoms with E-state index < -0.39 is 5.91 Å². The third-order valence-corrected chi connectivity index (χ3v) is 3.70. The molecule has 0 saturated carbocycles.